The summed E-state index contributed by atoms with van der Waals surface area (Å²) >= 11 is 0. The van der Waals surface area contributed by atoms with Crippen LogP contribution in [0.5, 0.6) is 5.75 Å². The molecule has 202 valence electrons. The van der Waals surface area contributed by atoms with Gasteiger partial charge in [0.2, 0.25) is 0 Å². The summed E-state index contributed by atoms with van der Waals surface area (Å²) in [5.74, 6) is -0.228. The first-order valence-corrected chi connectivity index (χ1v) is 12.7. The average molecular weight is 521 g/mol. The molecule has 0 fully saturated rings. The molecular formula is C27H36N8O3. The Morgan fingerprint density at radius 2 is 1.84 bits per heavy atom. The van der Waals surface area contributed by atoms with Gasteiger partial charge < -0.3 is 31.3 Å². The molecule has 38 heavy (non-hydrogen) atoms. The number of pyridine rings is 1. The summed E-state index contributed by atoms with van der Waals surface area (Å²) < 4.78 is 5.87. The van der Waals surface area contributed by atoms with Crippen LogP contribution >= 0.6 is 0 Å². The van der Waals surface area contributed by atoms with Crippen LogP contribution in [-0.2, 0) is 0 Å². The van der Waals surface area contributed by atoms with Crippen LogP contribution in [0.1, 0.15) is 47.5 Å². The molecule has 1 aliphatic heterocycles. The zero-order valence-electron chi connectivity index (χ0n) is 22.4. The SMILES string of the molecule is CC.CN1CCCN(C)c2ccncc2NC(=O)c2nc(cnc2N)-c2ccc(OCCCN)c(c2)C1=O. The van der Waals surface area contributed by atoms with Gasteiger partial charge in [-0.25, -0.2) is 9.97 Å². The number of fused-ring (bicyclic) bond motifs is 6. The molecule has 0 atom stereocenters. The predicted molar refractivity (Wildman–Crippen MR) is 149 cm³/mol. The summed E-state index contributed by atoms with van der Waals surface area (Å²) in [4.78, 5) is 43.1. The molecular weight excluding hydrogens is 484 g/mol. The molecule has 4 bridgehead atoms. The molecule has 2 aromatic heterocycles. The Bertz CT molecular complexity index is 1270. The van der Waals surface area contributed by atoms with Crippen LogP contribution in [0.2, 0.25) is 0 Å². The number of amides is 2. The van der Waals surface area contributed by atoms with Crippen LogP contribution in [-0.4, -0.2) is 72.0 Å². The van der Waals surface area contributed by atoms with E-state index in [1.54, 1.807) is 42.5 Å². The summed E-state index contributed by atoms with van der Waals surface area (Å²) in [5.41, 5.74) is 14.3. The first-order chi connectivity index (χ1) is 18.4. The van der Waals surface area contributed by atoms with Gasteiger partial charge in [-0.3, -0.25) is 14.6 Å². The summed E-state index contributed by atoms with van der Waals surface area (Å²) in [6.07, 6.45) is 6.07. The fraction of sp³-hybridized carbons (Fsp3) is 0.370. The van der Waals surface area contributed by atoms with Crippen molar-refractivity contribution < 1.29 is 14.3 Å². The van der Waals surface area contributed by atoms with Crippen molar-refractivity contribution in [1.82, 2.24) is 19.9 Å². The number of hydrogen-bond donors (Lipinski definition) is 3. The standard InChI is InChI=1S/C25H30N8O3.C2H6/c1-32-10-4-11-33(2)25(35)17-13-16(5-6-21(17)36-12-3-8-26)18-15-29-23(27)22(30-18)24(34)31-19-14-28-9-7-20(19)32;1-2/h5-7,9,13-15H,3-4,8,10-12,26H2,1-2H3,(H2,27,29)(H,31,34);1-2H3. The molecule has 11 nitrogen and oxygen atoms in total. The maximum absolute atomic E-state index is 13.4. The Balaban J connectivity index is 0.00000195. The van der Waals surface area contributed by atoms with E-state index in [0.29, 0.717) is 67.3 Å². The molecule has 2 amide bonds. The normalized spacial score (nSPS) is 13.7. The van der Waals surface area contributed by atoms with E-state index < -0.39 is 5.91 Å². The van der Waals surface area contributed by atoms with Gasteiger partial charge in [0, 0.05) is 38.9 Å². The topological polar surface area (TPSA) is 153 Å². The van der Waals surface area contributed by atoms with Crippen molar-refractivity contribution in [3.05, 3.63) is 54.1 Å². The molecule has 5 N–H and O–H groups in total. The molecule has 1 aliphatic rings. The van der Waals surface area contributed by atoms with Gasteiger partial charge in [0.15, 0.2) is 11.5 Å². The number of anilines is 3. The third-order valence-corrected chi connectivity index (χ3v) is 5.92. The van der Waals surface area contributed by atoms with Crippen molar-refractivity contribution >= 4 is 29.0 Å². The molecule has 4 rings (SSSR count). The lowest BCUT2D eigenvalue weighted by Gasteiger charge is -2.25. The highest BCUT2D eigenvalue weighted by Crippen LogP contribution is 2.29. The summed E-state index contributed by atoms with van der Waals surface area (Å²) in [7, 11) is 3.68. The van der Waals surface area contributed by atoms with E-state index in [1.165, 1.54) is 6.20 Å². The average Bonchev–Trinajstić information content (AvgIpc) is 2.94. The Labute approximate surface area is 223 Å². The quantitative estimate of drug-likeness (QED) is 0.441. The lowest BCUT2D eigenvalue weighted by atomic mass is 10.1. The Morgan fingerprint density at radius 1 is 1.08 bits per heavy atom. The minimum atomic E-state index is -0.505. The number of benzene rings is 1. The molecule has 11 heteroatoms. The zero-order valence-corrected chi connectivity index (χ0v) is 22.4. The third kappa shape index (κ3) is 6.54. The molecule has 0 saturated heterocycles. The van der Waals surface area contributed by atoms with Crippen molar-refractivity contribution in [1.29, 1.82) is 0 Å². The first kappa shape index (κ1) is 28.3. The number of nitrogens with zero attached hydrogens (tertiary/aromatic N) is 5. The fourth-order valence-electron chi connectivity index (χ4n) is 3.92. The first-order valence-electron chi connectivity index (χ1n) is 12.7. The number of nitrogens with two attached hydrogens (primary N) is 2. The maximum atomic E-state index is 13.4. The smallest absolute Gasteiger partial charge is 0.278 e. The second-order valence-electron chi connectivity index (χ2n) is 8.54. The van der Waals surface area contributed by atoms with Crippen molar-refractivity contribution in [3.8, 4) is 17.0 Å². The highest BCUT2D eigenvalue weighted by atomic mass is 16.5. The van der Waals surface area contributed by atoms with Gasteiger partial charge in [-0.2, -0.15) is 0 Å². The summed E-state index contributed by atoms with van der Waals surface area (Å²) in [5, 5.41) is 2.86. The van der Waals surface area contributed by atoms with Crippen LogP contribution in [0.3, 0.4) is 0 Å². The van der Waals surface area contributed by atoms with Crippen molar-refractivity contribution in [2.24, 2.45) is 5.73 Å². The van der Waals surface area contributed by atoms with E-state index in [2.05, 4.69) is 20.3 Å². The largest absolute Gasteiger partial charge is 0.493 e. The lowest BCUT2D eigenvalue weighted by molar-refractivity contribution is 0.0789. The predicted octanol–water partition coefficient (Wildman–Crippen LogP) is 3.04. The molecule has 0 spiro atoms. The monoisotopic (exact) mass is 520 g/mol. The van der Waals surface area contributed by atoms with Gasteiger partial charge in [0.05, 0.1) is 41.6 Å². The van der Waals surface area contributed by atoms with Crippen LogP contribution in [0.25, 0.3) is 11.3 Å². The van der Waals surface area contributed by atoms with Gasteiger partial charge in [-0.1, -0.05) is 13.8 Å². The molecule has 0 radical (unpaired) electrons. The van der Waals surface area contributed by atoms with E-state index in [-0.39, 0.29) is 17.4 Å². The number of aromatic nitrogens is 3. The van der Waals surface area contributed by atoms with Crippen molar-refractivity contribution in [2.75, 3.05) is 56.3 Å². The van der Waals surface area contributed by atoms with Gasteiger partial charge >= 0.3 is 0 Å². The van der Waals surface area contributed by atoms with Crippen molar-refractivity contribution in [3.63, 3.8) is 0 Å². The van der Waals surface area contributed by atoms with E-state index >= 15 is 0 Å². The molecule has 0 aliphatic carbocycles. The minimum absolute atomic E-state index is 0.00562. The Kier molecular flexibility index (Phi) is 9.94. The van der Waals surface area contributed by atoms with Crippen LogP contribution < -0.4 is 26.4 Å². The third-order valence-electron chi connectivity index (χ3n) is 5.92. The number of hydrogen-bond acceptors (Lipinski definition) is 9. The lowest BCUT2D eigenvalue weighted by Crippen LogP contribution is -2.31. The van der Waals surface area contributed by atoms with Crippen LogP contribution in [0.4, 0.5) is 17.2 Å². The fourth-order valence-corrected chi connectivity index (χ4v) is 3.92. The number of nitrogen functional groups attached to an aromatic ring is 1. The van der Waals surface area contributed by atoms with Gasteiger partial charge in [0.25, 0.3) is 11.8 Å². The van der Waals surface area contributed by atoms with Gasteiger partial charge in [-0.05, 0) is 43.7 Å². The number of ether oxygens (including phenoxy) is 1. The van der Waals surface area contributed by atoms with Crippen LogP contribution in [0, 0.1) is 0 Å². The van der Waals surface area contributed by atoms with E-state index in [9.17, 15) is 9.59 Å². The highest BCUT2D eigenvalue weighted by Gasteiger charge is 2.22. The minimum Gasteiger partial charge on any atom is -0.493 e. The summed E-state index contributed by atoms with van der Waals surface area (Å²) in [6.45, 7) is 6.04. The molecule has 3 aromatic rings. The van der Waals surface area contributed by atoms with Crippen molar-refractivity contribution in [2.45, 2.75) is 26.7 Å². The second kappa shape index (κ2) is 13.3. The zero-order chi connectivity index (χ0) is 27.7. The van der Waals surface area contributed by atoms with Crippen LogP contribution in [0.15, 0.2) is 42.9 Å². The Hall–Kier alpha value is -4.25. The highest BCUT2D eigenvalue weighted by molar-refractivity contribution is 6.07. The second-order valence-corrected chi connectivity index (χ2v) is 8.54. The van der Waals surface area contributed by atoms with Gasteiger partial charge in [-0.15, -0.1) is 0 Å². The van der Waals surface area contributed by atoms with E-state index in [1.807, 2.05) is 31.9 Å². The molecule has 3 heterocycles. The molecule has 0 unspecified atom stereocenters. The molecule has 1 aromatic carbocycles. The van der Waals surface area contributed by atoms with Gasteiger partial charge in [0.1, 0.15) is 5.75 Å². The number of carbonyl (C=O) groups is 2. The Morgan fingerprint density at radius 3 is 2.61 bits per heavy atom. The maximum Gasteiger partial charge on any atom is 0.278 e. The van der Waals surface area contributed by atoms with E-state index in [0.717, 1.165) is 5.69 Å². The van der Waals surface area contributed by atoms with E-state index in [4.69, 9.17) is 16.2 Å². The number of carbonyl (C=O) groups excluding carboxylic acids is 2. The number of rotatable bonds is 4. The summed E-state index contributed by atoms with van der Waals surface area (Å²) in [6, 6.07) is 7.02. The number of nitrogens with one attached hydrogen (secondary N) is 1. The molecule has 0 saturated carbocycles.